The lowest BCUT2D eigenvalue weighted by molar-refractivity contribution is -0.384. The van der Waals surface area contributed by atoms with Gasteiger partial charge in [0.25, 0.3) is 5.69 Å². The Labute approximate surface area is 115 Å². The molecule has 0 heterocycles. The molecule has 20 heavy (non-hydrogen) atoms. The number of non-ortho nitro benzene ring substituents is 1. The van der Waals surface area contributed by atoms with Crippen LogP contribution in [0.15, 0.2) is 59.5 Å². The van der Waals surface area contributed by atoms with E-state index in [0.29, 0.717) is 5.69 Å². The largest absolute Gasteiger partial charge is 0.317 e. The van der Waals surface area contributed by atoms with Gasteiger partial charge in [0, 0.05) is 12.1 Å². The third-order valence-corrected chi connectivity index (χ3v) is 3.53. The third-order valence-electron chi connectivity index (χ3n) is 2.38. The number of nitro groups is 1. The quantitative estimate of drug-likeness (QED) is 0.671. The van der Waals surface area contributed by atoms with E-state index in [4.69, 9.17) is 0 Å². The summed E-state index contributed by atoms with van der Waals surface area (Å²) in [5.41, 5.74) is 2.57. The van der Waals surface area contributed by atoms with E-state index >= 15 is 0 Å². The van der Waals surface area contributed by atoms with Crippen LogP contribution in [0.2, 0.25) is 0 Å². The van der Waals surface area contributed by atoms with Gasteiger partial charge < -0.3 is 0 Å². The molecule has 0 aliphatic carbocycles. The second-order valence-corrected chi connectivity index (χ2v) is 5.30. The molecule has 0 aromatic heterocycles. The van der Waals surface area contributed by atoms with Crippen molar-refractivity contribution in [3.63, 3.8) is 0 Å². The lowest BCUT2D eigenvalue weighted by atomic mass is 10.3. The number of anilines is 1. The summed E-state index contributed by atoms with van der Waals surface area (Å²) in [6, 6.07) is 12.9. The summed E-state index contributed by atoms with van der Waals surface area (Å²) in [5.74, 6) is 0. The summed E-state index contributed by atoms with van der Waals surface area (Å²) in [6.07, 6.45) is 0. The van der Waals surface area contributed by atoms with Gasteiger partial charge in [-0.3, -0.25) is 10.1 Å². The van der Waals surface area contributed by atoms with Crippen LogP contribution in [0.5, 0.6) is 0 Å². The maximum atomic E-state index is 11.8. The lowest BCUT2D eigenvalue weighted by Crippen LogP contribution is -2.11. The molecule has 0 atom stereocenters. The van der Waals surface area contributed by atoms with Crippen molar-refractivity contribution in [3.05, 3.63) is 64.7 Å². The standard InChI is InChI=1S/C12H10N2O5S/c15-14(16)11-6-8-12(9-7-11)20(17,18)19-13-10-4-2-1-3-5-10/h1-9,13H. The number of hydrogen-bond acceptors (Lipinski definition) is 6. The van der Waals surface area contributed by atoms with E-state index in [0.717, 1.165) is 24.3 Å². The van der Waals surface area contributed by atoms with E-state index in [2.05, 4.69) is 9.76 Å². The molecule has 8 heteroatoms. The van der Waals surface area contributed by atoms with Crippen molar-refractivity contribution in [1.82, 2.24) is 0 Å². The predicted octanol–water partition coefficient (Wildman–Crippen LogP) is 2.33. The minimum absolute atomic E-state index is 0.175. The minimum atomic E-state index is -4.03. The smallest absolute Gasteiger partial charge is 0.258 e. The molecule has 7 nitrogen and oxygen atoms in total. The van der Waals surface area contributed by atoms with Gasteiger partial charge in [-0.15, -0.1) is 4.28 Å². The highest BCUT2D eigenvalue weighted by Crippen LogP contribution is 2.18. The van der Waals surface area contributed by atoms with Gasteiger partial charge >= 0.3 is 10.1 Å². The van der Waals surface area contributed by atoms with E-state index in [1.807, 2.05) is 0 Å². The molecule has 0 aliphatic rings. The summed E-state index contributed by atoms with van der Waals surface area (Å²) >= 11 is 0. The van der Waals surface area contributed by atoms with Crippen molar-refractivity contribution < 1.29 is 17.6 Å². The van der Waals surface area contributed by atoms with Crippen LogP contribution in [-0.2, 0) is 14.4 Å². The molecule has 0 bridgehead atoms. The van der Waals surface area contributed by atoms with Gasteiger partial charge in [-0.1, -0.05) is 18.2 Å². The molecule has 2 aromatic rings. The van der Waals surface area contributed by atoms with Gasteiger partial charge in [0.1, 0.15) is 0 Å². The molecule has 104 valence electrons. The van der Waals surface area contributed by atoms with Crippen LogP contribution in [0.25, 0.3) is 0 Å². The minimum Gasteiger partial charge on any atom is -0.258 e. The molecule has 0 spiro atoms. The van der Waals surface area contributed by atoms with Crippen LogP contribution in [0.4, 0.5) is 11.4 Å². The van der Waals surface area contributed by atoms with Crippen molar-refractivity contribution in [1.29, 1.82) is 0 Å². The molecule has 0 radical (unpaired) electrons. The number of nitrogens with one attached hydrogen (secondary N) is 1. The summed E-state index contributed by atoms with van der Waals surface area (Å²) in [6.45, 7) is 0. The maximum Gasteiger partial charge on any atom is 0.317 e. The topological polar surface area (TPSA) is 98.5 Å². The molecule has 2 rings (SSSR count). The first kappa shape index (κ1) is 14.0. The molecule has 0 saturated carbocycles. The highest BCUT2D eigenvalue weighted by Gasteiger charge is 2.17. The first-order valence-corrected chi connectivity index (χ1v) is 6.89. The third kappa shape index (κ3) is 3.31. The molecule has 0 aliphatic heterocycles. The van der Waals surface area contributed by atoms with Crippen LogP contribution in [0.1, 0.15) is 0 Å². The number of benzene rings is 2. The van der Waals surface area contributed by atoms with Gasteiger partial charge in [-0.05, 0) is 24.3 Å². The Bertz CT molecular complexity index is 698. The van der Waals surface area contributed by atoms with Gasteiger partial charge in [-0.2, -0.15) is 8.42 Å². The van der Waals surface area contributed by atoms with Crippen molar-refractivity contribution in [3.8, 4) is 0 Å². The zero-order valence-electron chi connectivity index (χ0n) is 10.1. The van der Waals surface area contributed by atoms with E-state index < -0.39 is 15.0 Å². The van der Waals surface area contributed by atoms with Gasteiger partial charge in [0.05, 0.1) is 15.5 Å². The Morgan fingerprint density at radius 3 is 2.15 bits per heavy atom. The Morgan fingerprint density at radius 1 is 1.00 bits per heavy atom. The fraction of sp³-hybridized carbons (Fsp3) is 0. The molecule has 0 unspecified atom stereocenters. The molecule has 1 N–H and O–H groups in total. The van der Waals surface area contributed by atoms with Crippen LogP contribution < -0.4 is 5.48 Å². The molecule has 0 saturated heterocycles. The predicted molar refractivity (Wildman–Crippen MR) is 71.4 cm³/mol. The van der Waals surface area contributed by atoms with Crippen molar-refractivity contribution >= 4 is 21.5 Å². The molecular weight excluding hydrogens is 284 g/mol. The van der Waals surface area contributed by atoms with Crippen molar-refractivity contribution in [2.75, 3.05) is 5.48 Å². The fourth-order valence-electron chi connectivity index (χ4n) is 1.39. The SMILES string of the molecule is O=[N+]([O-])c1ccc(S(=O)(=O)ONc2ccccc2)cc1. The van der Waals surface area contributed by atoms with E-state index in [9.17, 15) is 18.5 Å². The summed E-state index contributed by atoms with van der Waals surface area (Å²) in [7, 11) is -4.03. The van der Waals surface area contributed by atoms with Crippen molar-refractivity contribution in [2.45, 2.75) is 4.90 Å². The maximum absolute atomic E-state index is 11.8. The van der Waals surface area contributed by atoms with E-state index in [-0.39, 0.29) is 10.6 Å². The van der Waals surface area contributed by atoms with E-state index in [1.165, 1.54) is 0 Å². The van der Waals surface area contributed by atoms with Crippen molar-refractivity contribution in [2.24, 2.45) is 0 Å². The van der Waals surface area contributed by atoms with Crippen LogP contribution >= 0.6 is 0 Å². The van der Waals surface area contributed by atoms with E-state index in [1.54, 1.807) is 30.3 Å². The summed E-state index contributed by atoms with van der Waals surface area (Å²) in [5, 5.41) is 10.5. The normalized spacial score (nSPS) is 11.0. The van der Waals surface area contributed by atoms with Gasteiger partial charge in [0.15, 0.2) is 0 Å². The Kier molecular flexibility index (Phi) is 3.97. The number of nitro benzene ring substituents is 1. The van der Waals surface area contributed by atoms with Gasteiger partial charge in [0.2, 0.25) is 0 Å². The second kappa shape index (κ2) is 5.68. The monoisotopic (exact) mass is 294 g/mol. The number of hydrogen-bond donors (Lipinski definition) is 1. The van der Waals surface area contributed by atoms with Crippen LogP contribution in [0.3, 0.4) is 0 Å². The summed E-state index contributed by atoms with van der Waals surface area (Å²) < 4.78 is 28.3. The average Bonchev–Trinajstić information content (AvgIpc) is 2.46. The number of rotatable bonds is 5. The molecule has 0 amide bonds. The first-order valence-electron chi connectivity index (χ1n) is 5.48. The second-order valence-electron chi connectivity index (χ2n) is 3.76. The Balaban J connectivity index is 2.12. The summed E-state index contributed by atoms with van der Waals surface area (Å²) in [4.78, 5) is 9.70. The highest BCUT2D eigenvalue weighted by molar-refractivity contribution is 7.86. The highest BCUT2D eigenvalue weighted by atomic mass is 32.2. The fourth-order valence-corrected chi connectivity index (χ4v) is 2.16. The number of nitrogens with zero attached hydrogens (tertiary/aromatic N) is 1. The molecule has 0 fully saturated rings. The first-order chi connectivity index (χ1) is 9.49. The van der Waals surface area contributed by atoms with Gasteiger partial charge in [-0.25, -0.2) is 5.48 Å². The Morgan fingerprint density at radius 2 is 1.60 bits per heavy atom. The lowest BCUT2D eigenvalue weighted by Gasteiger charge is -2.07. The molecular formula is C12H10N2O5S. The molecule has 2 aromatic carbocycles. The number of para-hydroxylation sites is 1. The Hall–Kier alpha value is -2.45. The zero-order chi connectivity index (χ0) is 14.6. The average molecular weight is 294 g/mol. The zero-order valence-corrected chi connectivity index (χ0v) is 10.9. The van der Waals surface area contributed by atoms with Crippen LogP contribution in [0, 0.1) is 10.1 Å². The van der Waals surface area contributed by atoms with Crippen LogP contribution in [-0.4, -0.2) is 13.3 Å².